The number of anilines is 1. The Kier molecular flexibility index (Phi) is 6.00. The molecule has 0 heterocycles. The average Bonchev–Trinajstić information content (AvgIpc) is 2.54. The van der Waals surface area contributed by atoms with Crippen LogP contribution in [0.15, 0.2) is 47.6 Å². The summed E-state index contributed by atoms with van der Waals surface area (Å²) >= 11 is 6.02. The van der Waals surface area contributed by atoms with Crippen LogP contribution in [0.5, 0.6) is 5.75 Å². The first-order valence-electron chi connectivity index (χ1n) is 7.04. The van der Waals surface area contributed by atoms with Crippen molar-refractivity contribution in [2.75, 3.05) is 19.0 Å². The standard InChI is InChI=1S/C17H18ClN3O2/c1-12-3-6-14(7-4-12)19-11-17(22)21-20-10-13-5-8-16(23-2)15(18)9-13/h3-10,19H,11H2,1-2H3,(H,21,22)/b20-10+. The zero-order valence-electron chi connectivity index (χ0n) is 13.0. The summed E-state index contributed by atoms with van der Waals surface area (Å²) in [5.74, 6) is 0.358. The van der Waals surface area contributed by atoms with E-state index >= 15 is 0 Å². The zero-order valence-corrected chi connectivity index (χ0v) is 13.7. The van der Waals surface area contributed by atoms with Gasteiger partial charge in [-0.3, -0.25) is 4.79 Å². The van der Waals surface area contributed by atoms with Crippen molar-refractivity contribution in [1.29, 1.82) is 0 Å². The quantitative estimate of drug-likeness (QED) is 0.631. The number of nitrogens with one attached hydrogen (secondary N) is 2. The Hall–Kier alpha value is -2.53. The maximum absolute atomic E-state index is 11.7. The highest BCUT2D eigenvalue weighted by Gasteiger charge is 2.01. The molecule has 0 bridgehead atoms. The second-order valence-corrected chi connectivity index (χ2v) is 5.31. The van der Waals surface area contributed by atoms with Gasteiger partial charge in [-0.2, -0.15) is 5.10 Å². The highest BCUT2D eigenvalue weighted by Crippen LogP contribution is 2.24. The number of rotatable bonds is 6. The fourth-order valence-electron chi connectivity index (χ4n) is 1.84. The van der Waals surface area contributed by atoms with Crippen LogP contribution in [0.4, 0.5) is 5.69 Å². The molecule has 6 heteroatoms. The van der Waals surface area contributed by atoms with E-state index < -0.39 is 0 Å². The molecule has 120 valence electrons. The minimum Gasteiger partial charge on any atom is -0.495 e. The van der Waals surface area contributed by atoms with Gasteiger partial charge < -0.3 is 10.1 Å². The number of hydrazone groups is 1. The maximum Gasteiger partial charge on any atom is 0.259 e. The van der Waals surface area contributed by atoms with Crippen molar-refractivity contribution in [2.45, 2.75) is 6.92 Å². The summed E-state index contributed by atoms with van der Waals surface area (Å²) in [7, 11) is 1.55. The monoisotopic (exact) mass is 331 g/mol. The third-order valence-corrected chi connectivity index (χ3v) is 3.38. The zero-order chi connectivity index (χ0) is 16.7. The molecule has 1 amide bonds. The summed E-state index contributed by atoms with van der Waals surface area (Å²) < 4.78 is 5.07. The molecule has 2 aromatic carbocycles. The van der Waals surface area contributed by atoms with Gasteiger partial charge in [-0.05, 0) is 42.8 Å². The molecule has 0 fully saturated rings. The van der Waals surface area contributed by atoms with Gasteiger partial charge in [0, 0.05) is 5.69 Å². The number of nitrogens with zero attached hydrogens (tertiary/aromatic N) is 1. The van der Waals surface area contributed by atoms with Gasteiger partial charge in [0.25, 0.3) is 5.91 Å². The van der Waals surface area contributed by atoms with Gasteiger partial charge in [-0.15, -0.1) is 0 Å². The Morgan fingerprint density at radius 1 is 1.26 bits per heavy atom. The van der Waals surface area contributed by atoms with E-state index in [1.54, 1.807) is 25.3 Å². The molecule has 0 aliphatic rings. The van der Waals surface area contributed by atoms with Crippen molar-refractivity contribution in [3.8, 4) is 5.75 Å². The molecule has 0 saturated heterocycles. The molecule has 0 radical (unpaired) electrons. The van der Waals surface area contributed by atoms with Gasteiger partial charge in [0.05, 0.1) is 24.9 Å². The van der Waals surface area contributed by atoms with Crippen LogP contribution in [0.1, 0.15) is 11.1 Å². The summed E-state index contributed by atoms with van der Waals surface area (Å²) in [5.41, 5.74) is 5.28. The number of amides is 1. The molecule has 0 aromatic heterocycles. The second-order valence-electron chi connectivity index (χ2n) is 4.91. The van der Waals surface area contributed by atoms with Crippen LogP contribution in [0.3, 0.4) is 0 Å². The van der Waals surface area contributed by atoms with Gasteiger partial charge in [0.15, 0.2) is 0 Å². The summed E-state index contributed by atoms with van der Waals surface area (Å²) in [5, 5.41) is 7.41. The van der Waals surface area contributed by atoms with Gasteiger partial charge in [-0.25, -0.2) is 5.43 Å². The fourth-order valence-corrected chi connectivity index (χ4v) is 2.10. The van der Waals surface area contributed by atoms with Crippen LogP contribution >= 0.6 is 11.6 Å². The van der Waals surface area contributed by atoms with Crippen LogP contribution in [0.25, 0.3) is 0 Å². The van der Waals surface area contributed by atoms with Gasteiger partial charge in [-0.1, -0.05) is 29.3 Å². The van der Waals surface area contributed by atoms with E-state index in [9.17, 15) is 4.79 Å². The van der Waals surface area contributed by atoms with Crippen molar-refractivity contribution in [1.82, 2.24) is 5.43 Å². The second kappa shape index (κ2) is 8.19. The van der Waals surface area contributed by atoms with Crippen LogP contribution in [-0.2, 0) is 4.79 Å². The van der Waals surface area contributed by atoms with Crippen molar-refractivity contribution in [2.24, 2.45) is 5.10 Å². The Morgan fingerprint density at radius 3 is 2.65 bits per heavy atom. The summed E-state index contributed by atoms with van der Waals surface area (Å²) in [6.07, 6.45) is 1.52. The van der Waals surface area contributed by atoms with Gasteiger partial charge >= 0.3 is 0 Å². The van der Waals surface area contributed by atoms with E-state index in [1.165, 1.54) is 11.8 Å². The minimum absolute atomic E-state index is 0.143. The number of carbonyl (C=O) groups is 1. The Morgan fingerprint density at radius 2 is 2.00 bits per heavy atom. The number of hydrogen-bond donors (Lipinski definition) is 2. The van der Waals surface area contributed by atoms with E-state index in [0.717, 1.165) is 11.3 Å². The first-order valence-corrected chi connectivity index (χ1v) is 7.42. The van der Waals surface area contributed by atoms with Crippen LogP contribution in [-0.4, -0.2) is 25.8 Å². The van der Waals surface area contributed by atoms with Crippen molar-refractivity contribution in [3.05, 3.63) is 58.6 Å². The number of methoxy groups -OCH3 is 1. The molecule has 2 rings (SSSR count). The lowest BCUT2D eigenvalue weighted by Crippen LogP contribution is -2.25. The number of halogens is 1. The average molecular weight is 332 g/mol. The smallest absolute Gasteiger partial charge is 0.259 e. The molecule has 5 nitrogen and oxygen atoms in total. The van der Waals surface area contributed by atoms with Crippen LogP contribution in [0, 0.1) is 6.92 Å². The summed E-state index contributed by atoms with van der Waals surface area (Å²) in [6, 6.07) is 13.0. The molecule has 0 saturated carbocycles. The van der Waals surface area contributed by atoms with Gasteiger partial charge in [0.1, 0.15) is 5.75 Å². The minimum atomic E-state index is -0.235. The molecular formula is C17H18ClN3O2. The lowest BCUT2D eigenvalue weighted by molar-refractivity contribution is -0.119. The normalized spacial score (nSPS) is 10.6. The number of ether oxygens (including phenoxy) is 1. The van der Waals surface area contributed by atoms with E-state index in [-0.39, 0.29) is 12.5 Å². The fraction of sp³-hybridized carbons (Fsp3) is 0.176. The molecule has 0 aliphatic heterocycles. The topological polar surface area (TPSA) is 62.7 Å². The molecule has 2 N–H and O–H groups in total. The third-order valence-electron chi connectivity index (χ3n) is 3.08. The predicted molar refractivity (Wildman–Crippen MR) is 93.4 cm³/mol. The first kappa shape index (κ1) is 16.8. The van der Waals surface area contributed by atoms with E-state index in [4.69, 9.17) is 16.3 Å². The Balaban J connectivity index is 1.81. The molecule has 2 aromatic rings. The highest BCUT2D eigenvalue weighted by atomic mass is 35.5. The first-order chi connectivity index (χ1) is 11.1. The number of hydrogen-bond acceptors (Lipinski definition) is 4. The molecule has 0 aliphatic carbocycles. The van der Waals surface area contributed by atoms with Crippen molar-refractivity contribution < 1.29 is 9.53 Å². The van der Waals surface area contributed by atoms with Crippen molar-refractivity contribution >= 4 is 29.4 Å². The predicted octanol–water partition coefficient (Wildman–Crippen LogP) is 3.22. The maximum atomic E-state index is 11.7. The molecule has 0 atom stereocenters. The number of benzene rings is 2. The molecular weight excluding hydrogens is 314 g/mol. The van der Waals surface area contributed by atoms with Gasteiger partial charge in [0.2, 0.25) is 0 Å². The summed E-state index contributed by atoms with van der Waals surface area (Å²) in [6.45, 7) is 2.15. The molecule has 0 spiro atoms. The van der Waals surface area contributed by atoms with Crippen LogP contribution in [0.2, 0.25) is 5.02 Å². The Bertz CT molecular complexity index is 699. The SMILES string of the molecule is COc1ccc(/C=N/NC(=O)CNc2ccc(C)cc2)cc1Cl. The Labute approximate surface area is 140 Å². The highest BCUT2D eigenvalue weighted by molar-refractivity contribution is 6.32. The largest absolute Gasteiger partial charge is 0.495 e. The number of carbonyl (C=O) groups excluding carboxylic acids is 1. The molecule has 23 heavy (non-hydrogen) atoms. The van der Waals surface area contributed by atoms with Crippen LogP contribution < -0.4 is 15.5 Å². The summed E-state index contributed by atoms with van der Waals surface area (Å²) in [4.78, 5) is 11.7. The molecule has 0 unspecified atom stereocenters. The number of aryl methyl sites for hydroxylation is 1. The van der Waals surface area contributed by atoms with E-state index in [1.807, 2.05) is 31.2 Å². The van der Waals surface area contributed by atoms with E-state index in [0.29, 0.717) is 10.8 Å². The van der Waals surface area contributed by atoms with E-state index in [2.05, 4.69) is 15.8 Å². The van der Waals surface area contributed by atoms with Crippen molar-refractivity contribution in [3.63, 3.8) is 0 Å². The lowest BCUT2D eigenvalue weighted by Gasteiger charge is -2.05. The third kappa shape index (κ3) is 5.30. The lowest BCUT2D eigenvalue weighted by atomic mass is 10.2.